The summed E-state index contributed by atoms with van der Waals surface area (Å²) in [4.78, 5) is 0. The average Bonchev–Trinajstić information content (AvgIpc) is 2.41. The van der Waals surface area contributed by atoms with E-state index in [1.54, 1.807) is 6.07 Å². The van der Waals surface area contributed by atoms with Crippen molar-refractivity contribution in [1.29, 1.82) is 0 Å². The molecule has 0 heterocycles. The van der Waals surface area contributed by atoms with Crippen molar-refractivity contribution >= 4 is 31.9 Å². The summed E-state index contributed by atoms with van der Waals surface area (Å²) in [5, 5.41) is 0. The summed E-state index contributed by atoms with van der Waals surface area (Å²) in [7, 11) is 0. The molecule has 1 unspecified atom stereocenters. The lowest BCUT2D eigenvalue weighted by molar-refractivity contribution is 0.527. The average molecular weight is 402 g/mol. The van der Waals surface area contributed by atoms with Crippen LogP contribution in [0.4, 0.5) is 4.39 Å². The Morgan fingerprint density at radius 1 is 1.15 bits per heavy atom. The van der Waals surface area contributed by atoms with Crippen molar-refractivity contribution in [3.05, 3.63) is 67.9 Å². The second-order valence-corrected chi connectivity index (χ2v) is 6.49. The van der Waals surface area contributed by atoms with Gasteiger partial charge in [0.2, 0.25) is 0 Å². The van der Waals surface area contributed by atoms with Crippen molar-refractivity contribution in [3.8, 4) is 0 Å². The first-order valence-electron chi connectivity index (χ1n) is 6.17. The van der Waals surface area contributed by atoms with Gasteiger partial charge in [0.25, 0.3) is 0 Å². The molecule has 0 amide bonds. The van der Waals surface area contributed by atoms with Gasteiger partial charge in [0.05, 0.1) is 6.04 Å². The van der Waals surface area contributed by atoms with Gasteiger partial charge < -0.3 is 0 Å². The molecule has 0 aliphatic heterocycles. The van der Waals surface area contributed by atoms with Crippen molar-refractivity contribution in [2.75, 3.05) is 0 Å². The summed E-state index contributed by atoms with van der Waals surface area (Å²) in [6, 6.07) is 10.9. The summed E-state index contributed by atoms with van der Waals surface area (Å²) in [6.45, 7) is 2.02. The zero-order chi connectivity index (χ0) is 14.7. The lowest BCUT2D eigenvalue weighted by Crippen LogP contribution is -2.30. The van der Waals surface area contributed by atoms with Gasteiger partial charge in [0.15, 0.2) is 0 Å². The molecule has 106 valence electrons. The predicted molar refractivity (Wildman–Crippen MR) is 86.7 cm³/mol. The molecule has 0 radical (unpaired) electrons. The Kier molecular flexibility index (Phi) is 5.32. The maximum Gasteiger partial charge on any atom is 0.127 e. The summed E-state index contributed by atoms with van der Waals surface area (Å²) in [6.07, 6.45) is 0.493. The topological polar surface area (TPSA) is 38.0 Å². The van der Waals surface area contributed by atoms with Crippen molar-refractivity contribution in [1.82, 2.24) is 5.43 Å². The lowest BCUT2D eigenvalue weighted by atomic mass is 9.96. The first-order valence-corrected chi connectivity index (χ1v) is 7.76. The van der Waals surface area contributed by atoms with E-state index in [1.807, 2.05) is 31.2 Å². The molecular weight excluding hydrogens is 387 g/mol. The van der Waals surface area contributed by atoms with Crippen LogP contribution in [0.1, 0.15) is 22.7 Å². The van der Waals surface area contributed by atoms with E-state index < -0.39 is 0 Å². The van der Waals surface area contributed by atoms with Crippen LogP contribution in [0.2, 0.25) is 0 Å². The van der Waals surface area contributed by atoms with Gasteiger partial charge in [-0.25, -0.2) is 4.39 Å². The van der Waals surface area contributed by atoms with E-state index in [0.29, 0.717) is 12.0 Å². The van der Waals surface area contributed by atoms with Crippen LogP contribution in [-0.2, 0) is 6.42 Å². The van der Waals surface area contributed by atoms with Gasteiger partial charge in [-0.1, -0.05) is 44.0 Å². The minimum Gasteiger partial charge on any atom is -0.271 e. The third-order valence-electron chi connectivity index (χ3n) is 3.26. The summed E-state index contributed by atoms with van der Waals surface area (Å²) in [5.74, 6) is 5.43. The molecule has 1 atom stereocenters. The van der Waals surface area contributed by atoms with E-state index in [9.17, 15) is 4.39 Å². The van der Waals surface area contributed by atoms with E-state index in [2.05, 4.69) is 37.3 Å². The highest BCUT2D eigenvalue weighted by Crippen LogP contribution is 2.26. The van der Waals surface area contributed by atoms with Crippen LogP contribution in [0.3, 0.4) is 0 Å². The molecule has 0 spiro atoms. The molecule has 0 saturated carbocycles. The monoisotopic (exact) mass is 400 g/mol. The van der Waals surface area contributed by atoms with E-state index >= 15 is 0 Å². The fourth-order valence-corrected chi connectivity index (χ4v) is 2.86. The highest BCUT2D eigenvalue weighted by Gasteiger charge is 2.15. The number of halogens is 3. The number of nitrogens with one attached hydrogen (secondary N) is 1. The van der Waals surface area contributed by atoms with Gasteiger partial charge in [0, 0.05) is 8.95 Å². The van der Waals surface area contributed by atoms with Crippen molar-refractivity contribution in [2.24, 2.45) is 5.84 Å². The fourth-order valence-electron chi connectivity index (χ4n) is 2.15. The Bertz CT molecular complexity index is 617. The molecule has 0 aliphatic carbocycles. The zero-order valence-corrected chi connectivity index (χ0v) is 14.1. The highest BCUT2D eigenvalue weighted by molar-refractivity contribution is 9.10. The van der Waals surface area contributed by atoms with Gasteiger partial charge in [0.1, 0.15) is 5.82 Å². The molecule has 0 aliphatic rings. The molecule has 2 nitrogen and oxygen atoms in total. The maximum absolute atomic E-state index is 13.9. The summed E-state index contributed by atoms with van der Waals surface area (Å²) < 4.78 is 15.6. The van der Waals surface area contributed by atoms with Crippen LogP contribution < -0.4 is 11.3 Å². The summed E-state index contributed by atoms with van der Waals surface area (Å²) >= 11 is 6.71. The molecule has 0 fully saturated rings. The highest BCUT2D eigenvalue weighted by atomic mass is 79.9. The molecule has 0 aromatic heterocycles. The normalized spacial score (nSPS) is 12.4. The summed E-state index contributed by atoms with van der Waals surface area (Å²) in [5.41, 5.74) is 5.59. The van der Waals surface area contributed by atoms with Gasteiger partial charge in [-0.3, -0.25) is 11.3 Å². The molecular formula is C15H15Br2FN2. The van der Waals surface area contributed by atoms with E-state index in [1.165, 1.54) is 6.07 Å². The third-order valence-corrected chi connectivity index (χ3v) is 4.24. The Balaban J connectivity index is 2.31. The molecule has 2 aromatic carbocycles. The number of benzene rings is 2. The van der Waals surface area contributed by atoms with Crippen LogP contribution in [0.25, 0.3) is 0 Å². The first kappa shape index (κ1) is 15.6. The first-order chi connectivity index (χ1) is 9.51. The van der Waals surface area contributed by atoms with Crippen LogP contribution in [0.5, 0.6) is 0 Å². The number of aryl methyl sites for hydroxylation is 1. The number of hydrogen-bond acceptors (Lipinski definition) is 2. The van der Waals surface area contributed by atoms with Gasteiger partial charge >= 0.3 is 0 Å². The number of hydrazine groups is 1. The minimum absolute atomic E-state index is 0.136. The van der Waals surface area contributed by atoms with E-state index in [4.69, 9.17) is 5.84 Å². The van der Waals surface area contributed by atoms with Gasteiger partial charge in [-0.2, -0.15) is 0 Å². The molecule has 2 rings (SSSR count). The molecule has 3 N–H and O–H groups in total. The third kappa shape index (κ3) is 3.67. The van der Waals surface area contributed by atoms with E-state index in [0.717, 1.165) is 20.1 Å². The van der Waals surface area contributed by atoms with Crippen LogP contribution in [0, 0.1) is 12.7 Å². The molecule has 2 aromatic rings. The van der Waals surface area contributed by atoms with Crippen molar-refractivity contribution < 1.29 is 4.39 Å². The Morgan fingerprint density at radius 2 is 1.80 bits per heavy atom. The quantitative estimate of drug-likeness (QED) is 0.588. The van der Waals surface area contributed by atoms with Crippen LogP contribution in [0.15, 0.2) is 45.3 Å². The van der Waals surface area contributed by atoms with Crippen molar-refractivity contribution in [2.45, 2.75) is 19.4 Å². The molecule has 0 bridgehead atoms. The number of rotatable bonds is 4. The van der Waals surface area contributed by atoms with Gasteiger partial charge in [-0.05, 0) is 54.3 Å². The van der Waals surface area contributed by atoms with Crippen LogP contribution >= 0.6 is 31.9 Å². The molecule has 5 heteroatoms. The van der Waals surface area contributed by atoms with E-state index in [-0.39, 0.29) is 11.9 Å². The van der Waals surface area contributed by atoms with Gasteiger partial charge in [-0.15, -0.1) is 0 Å². The lowest BCUT2D eigenvalue weighted by Gasteiger charge is -2.19. The Morgan fingerprint density at radius 3 is 2.45 bits per heavy atom. The maximum atomic E-state index is 13.9. The molecule has 20 heavy (non-hydrogen) atoms. The standard InChI is InChI=1S/C15H15Br2FN2/c1-9-2-4-11(16)7-13(9)15(20-19)6-10-3-5-12(17)8-14(10)18/h2-5,7-8,15,20H,6,19H2,1H3. The zero-order valence-electron chi connectivity index (χ0n) is 11.0. The fraction of sp³-hybridized carbons (Fsp3) is 0.200. The SMILES string of the molecule is Cc1ccc(Br)cc1C(Cc1ccc(Br)cc1F)NN. The van der Waals surface area contributed by atoms with Crippen molar-refractivity contribution in [3.63, 3.8) is 0 Å². The number of hydrogen-bond donors (Lipinski definition) is 2. The second kappa shape index (κ2) is 6.80. The largest absolute Gasteiger partial charge is 0.271 e. The van der Waals surface area contributed by atoms with Crippen LogP contribution in [-0.4, -0.2) is 0 Å². The molecule has 0 saturated heterocycles. The minimum atomic E-state index is -0.229. The smallest absolute Gasteiger partial charge is 0.127 e. The second-order valence-electron chi connectivity index (χ2n) is 4.66. The predicted octanol–water partition coefficient (Wildman–Crippen LogP) is 4.41. The Labute approximate surface area is 134 Å². The Hall–Kier alpha value is -0.750. The number of nitrogens with two attached hydrogens (primary N) is 1.